The number of carbonyl (C=O) groups is 1. The highest BCUT2D eigenvalue weighted by molar-refractivity contribution is 5.97. The van der Waals surface area contributed by atoms with Crippen LogP contribution in [0.4, 0.5) is 0 Å². The fourth-order valence-corrected chi connectivity index (χ4v) is 3.93. The molecule has 0 saturated carbocycles. The van der Waals surface area contributed by atoms with Crippen molar-refractivity contribution >= 4 is 22.6 Å². The summed E-state index contributed by atoms with van der Waals surface area (Å²) >= 11 is 0. The van der Waals surface area contributed by atoms with E-state index in [0.717, 1.165) is 26.1 Å². The molecule has 1 N–H and O–H groups in total. The lowest BCUT2D eigenvalue weighted by Crippen LogP contribution is -2.49. The van der Waals surface area contributed by atoms with Gasteiger partial charge in [0.15, 0.2) is 0 Å². The zero-order chi connectivity index (χ0) is 20.5. The smallest absolute Gasteiger partial charge is 0.267 e. The van der Waals surface area contributed by atoms with Crippen LogP contribution in [0.1, 0.15) is 30.6 Å². The number of pyridine rings is 2. The Labute approximate surface area is 168 Å². The van der Waals surface area contributed by atoms with Gasteiger partial charge in [-0.05, 0) is 31.2 Å². The van der Waals surface area contributed by atoms with Gasteiger partial charge in [0.1, 0.15) is 16.8 Å². The Kier molecular flexibility index (Phi) is 5.19. The van der Waals surface area contributed by atoms with Crippen molar-refractivity contribution in [3.63, 3.8) is 0 Å². The lowest BCUT2D eigenvalue weighted by atomic mass is 10.1. The molecule has 0 spiro atoms. The molecule has 1 fully saturated rings. The number of aromatic nitrogens is 3. The van der Waals surface area contributed by atoms with Crippen molar-refractivity contribution in [3.05, 3.63) is 51.9 Å². The van der Waals surface area contributed by atoms with Crippen molar-refractivity contribution in [3.8, 4) is 0 Å². The highest BCUT2D eigenvalue weighted by Crippen LogP contribution is 2.13. The maximum Gasteiger partial charge on any atom is 0.267 e. The number of aryl methyl sites for hydroxylation is 1. The van der Waals surface area contributed by atoms with Gasteiger partial charge in [0, 0.05) is 38.9 Å². The number of piperazine rings is 1. The second-order valence-corrected chi connectivity index (χ2v) is 7.37. The number of hydrogen-bond acceptors (Lipinski definition) is 5. The maximum atomic E-state index is 13.2. The molecule has 0 atom stereocenters. The van der Waals surface area contributed by atoms with Crippen molar-refractivity contribution in [2.24, 2.45) is 0 Å². The van der Waals surface area contributed by atoms with Gasteiger partial charge in [0.05, 0.1) is 10.9 Å². The lowest BCUT2D eigenvalue weighted by molar-refractivity contribution is 0.0640. The molecule has 8 nitrogen and oxygen atoms in total. The second kappa shape index (κ2) is 7.79. The molecule has 152 valence electrons. The van der Waals surface area contributed by atoms with Crippen molar-refractivity contribution < 1.29 is 4.79 Å². The fraction of sp³-hybridized carbons (Fsp3) is 0.429. The summed E-state index contributed by atoms with van der Waals surface area (Å²) in [6.07, 6.45) is 2.45. The summed E-state index contributed by atoms with van der Waals surface area (Å²) < 4.78 is 3.18. The van der Waals surface area contributed by atoms with E-state index in [-0.39, 0.29) is 22.5 Å². The van der Waals surface area contributed by atoms with Crippen LogP contribution in [0, 0.1) is 5.41 Å². The van der Waals surface area contributed by atoms with Gasteiger partial charge in [-0.15, -0.1) is 0 Å². The first-order chi connectivity index (χ1) is 14.0. The molecule has 3 aromatic heterocycles. The van der Waals surface area contributed by atoms with E-state index in [1.54, 1.807) is 33.9 Å². The molecule has 0 aromatic carbocycles. The van der Waals surface area contributed by atoms with Crippen LogP contribution < -0.4 is 11.0 Å². The Balaban J connectivity index is 1.89. The summed E-state index contributed by atoms with van der Waals surface area (Å²) in [4.78, 5) is 35.0. The van der Waals surface area contributed by atoms with Gasteiger partial charge in [-0.3, -0.25) is 19.4 Å². The Morgan fingerprint density at radius 2 is 1.93 bits per heavy atom. The van der Waals surface area contributed by atoms with Crippen LogP contribution in [0.3, 0.4) is 0 Å². The summed E-state index contributed by atoms with van der Waals surface area (Å²) in [6.45, 7) is 8.52. The molecule has 0 unspecified atom stereocenters. The summed E-state index contributed by atoms with van der Waals surface area (Å²) in [5.41, 5.74) is 1.16. The van der Waals surface area contributed by atoms with E-state index in [1.807, 2.05) is 13.0 Å². The van der Waals surface area contributed by atoms with Gasteiger partial charge >= 0.3 is 0 Å². The number of carbonyl (C=O) groups excluding carboxylic acids is 1. The topological polar surface area (TPSA) is 86.7 Å². The van der Waals surface area contributed by atoms with E-state index in [0.29, 0.717) is 36.3 Å². The number of nitrogens with zero attached hydrogens (tertiary/aromatic N) is 5. The van der Waals surface area contributed by atoms with Gasteiger partial charge in [0.2, 0.25) is 0 Å². The highest BCUT2D eigenvalue weighted by atomic mass is 16.2. The summed E-state index contributed by atoms with van der Waals surface area (Å²) in [5, 5.41) is 9.06. The Bertz CT molecular complexity index is 1190. The normalized spacial score (nSPS) is 15.3. The minimum absolute atomic E-state index is 0.120. The molecule has 1 aliphatic heterocycles. The largest absolute Gasteiger partial charge is 0.336 e. The fourth-order valence-electron chi connectivity index (χ4n) is 3.93. The molecule has 1 amide bonds. The number of amides is 1. The molecular weight excluding hydrogens is 368 g/mol. The van der Waals surface area contributed by atoms with Gasteiger partial charge in [0.25, 0.3) is 11.5 Å². The predicted octanol–water partition coefficient (Wildman–Crippen LogP) is 1.32. The Hall–Kier alpha value is -3.00. The van der Waals surface area contributed by atoms with E-state index in [2.05, 4.69) is 16.8 Å². The van der Waals surface area contributed by atoms with Crippen LogP contribution in [-0.4, -0.2) is 62.4 Å². The van der Waals surface area contributed by atoms with Crippen LogP contribution in [0.2, 0.25) is 0 Å². The standard InChI is InChI=1S/C21H26N6O2/c1-3-8-27-18(22)15(20(28)25-12-10-24(4-2)11-13-25)14-16-19(27)23-17-7-5-6-9-26(17)21(16)29/h5-7,9,14,22H,3-4,8,10-13H2,1-2H3. The van der Waals surface area contributed by atoms with Crippen LogP contribution in [-0.2, 0) is 6.54 Å². The predicted molar refractivity (Wildman–Crippen MR) is 111 cm³/mol. The summed E-state index contributed by atoms with van der Waals surface area (Å²) in [5.74, 6) is -0.185. The van der Waals surface area contributed by atoms with E-state index < -0.39 is 0 Å². The zero-order valence-corrected chi connectivity index (χ0v) is 16.9. The van der Waals surface area contributed by atoms with Crippen molar-refractivity contribution in [1.29, 1.82) is 5.41 Å². The number of rotatable bonds is 4. The van der Waals surface area contributed by atoms with E-state index >= 15 is 0 Å². The molecule has 29 heavy (non-hydrogen) atoms. The number of fused-ring (bicyclic) bond motifs is 2. The third-order valence-corrected chi connectivity index (χ3v) is 5.60. The van der Waals surface area contributed by atoms with E-state index in [1.165, 1.54) is 4.40 Å². The van der Waals surface area contributed by atoms with Crippen molar-refractivity contribution in [1.82, 2.24) is 23.8 Å². The minimum Gasteiger partial charge on any atom is -0.336 e. The van der Waals surface area contributed by atoms with E-state index in [9.17, 15) is 9.59 Å². The third-order valence-electron chi connectivity index (χ3n) is 5.60. The molecule has 0 bridgehead atoms. The van der Waals surface area contributed by atoms with E-state index in [4.69, 9.17) is 5.41 Å². The van der Waals surface area contributed by atoms with Gasteiger partial charge < -0.3 is 14.4 Å². The van der Waals surface area contributed by atoms with Gasteiger partial charge in [-0.25, -0.2) is 4.98 Å². The first kappa shape index (κ1) is 19.3. The molecule has 0 radical (unpaired) electrons. The SMILES string of the molecule is CCCn1c(=N)c(C(=O)N2CCN(CC)CC2)cc2c(=O)n3ccccc3nc21. The minimum atomic E-state index is -0.222. The lowest BCUT2D eigenvalue weighted by Gasteiger charge is -2.34. The molecular formula is C21H26N6O2. The molecule has 1 saturated heterocycles. The number of likely N-dealkylation sites (N-methyl/N-ethyl adjacent to an activating group) is 1. The van der Waals surface area contributed by atoms with Crippen molar-refractivity contribution in [2.45, 2.75) is 26.8 Å². The quantitative estimate of drug-likeness (QED) is 0.676. The average Bonchev–Trinajstić information content (AvgIpc) is 2.75. The molecule has 4 heterocycles. The zero-order valence-electron chi connectivity index (χ0n) is 16.9. The molecule has 8 heteroatoms. The maximum absolute atomic E-state index is 13.2. The monoisotopic (exact) mass is 394 g/mol. The Morgan fingerprint density at radius 3 is 2.62 bits per heavy atom. The summed E-state index contributed by atoms with van der Waals surface area (Å²) in [7, 11) is 0. The highest BCUT2D eigenvalue weighted by Gasteiger charge is 2.24. The molecule has 4 rings (SSSR count). The van der Waals surface area contributed by atoms with Crippen LogP contribution in [0.15, 0.2) is 35.3 Å². The van der Waals surface area contributed by atoms with Gasteiger partial charge in [-0.2, -0.15) is 0 Å². The Morgan fingerprint density at radius 1 is 1.17 bits per heavy atom. The number of nitrogens with one attached hydrogen (secondary N) is 1. The first-order valence-corrected chi connectivity index (χ1v) is 10.2. The second-order valence-electron chi connectivity index (χ2n) is 7.37. The average molecular weight is 394 g/mol. The van der Waals surface area contributed by atoms with Crippen molar-refractivity contribution in [2.75, 3.05) is 32.7 Å². The number of hydrogen-bond donors (Lipinski definition) is 1. The van der Waals surface area contributed by atoms with Crippen LogP contribution in [0.25, 0.3) is 16.7 Å². The molecule has 1 aliphatic rings. The van der Waals surface area contributed by atoms with Crippen LogP contribution in [0.5, 0.6) is 0 Å². The van der Waals surface area contributed by atoms with Crippen LogP contribution >= 0.6 is 0 Å². The summed E-state index contributed by atoms with van der Waals surface area (Å²) in [6, 6.07) is 6.94. The molecule has 0 aliphatic carbocycles. The molecule has 3 aromatic rings. The third kappa shape index (κ3) is 3.33. The van der Waals surface area contributed by atoms with Gasteiger partial charge in [-0.1, -0.05) is 19.9 Å². The first-order valence-electron chi connectivity index (χ1n) is 10.2.